The van der Waals surface area contributed by atoms with Crippen LogP contribution in [0.15, 0.2) is 48.5 Å². The highest BCUT2D eigenvalue weighted by Crippen LogP contribution is 2.23. The van der Waals surface area contributed by atoms with Crippen LogP contribution < -0.4 is 15.0 Å². The molecule has 4 nitrogen and oxygen atoms in total. The number of rotatable bonds is 5. The second kappa shape index (κ2) is 7.34. The van der Waals surface area contributed by atoms with E-state index in [4.69, 9.17) is 4.74 Å². The largest absolute Gasteiger partial charge is 0.494 e. The number of hydrogen-bond donors (Lipinski definition) is 1. The zero-order valence-corrected chi connectivity index (χ0v) is 13.7. The summed E-state index contributed by atoms with van der Waals surface area (Å²) in [7, 11) is 1.40. The second-order valence-corrected chi connectivity index (χ2v) is 6.00. The van der Waals surface area contributed by atoms with Gasteiger partial charge in [-0.05, 0) is 42.7 Å². The molecular weight excluding hydrogens is 307 g/mol. The van der Waals surface area contributed by atoms with E-state index in [-0.39, 0.29) is 11.7 Å². The number of carbonyl (C=O) groups excluding carboxylic acids is 1. The van der Waals surface area contributed by atoms with Gasteiger partial charge in [-0.25, -0.2) is 4.39 Å². The van der Waals surface area contributed by atoms with Gasteiger partial charge in [0.05, 0.1) is 7.11 Å². The van der Waals surface area contributed by atoms with Gasteiger partial charge in [0.2, 0.25) is 0 Å². The number of anilines is 1. The Hall–Kier alpha value is -2.56. The van der Waals surface area contributed by atoms with E-state index < -0.39 is 5.82 Å². The smallest absolute Gasteiger partial charge is 0.251 e. The Morgan fingerprint density at radius 2 is 2.08 bits per heavy atom. The molecule has 1 saturated heterocycles. The van der Waals surface area contributed by atoms with Crippen LogP contribution in [0.5, 0.6) is 5.75 Å². The molecule has 1 N–H and O–H groups in total. The second-order valence-electron chi connectivity index (χ2n) is 6.00. The Balaban J connectivity index is 1.53. The molecule has 126 valence electrons. The minimum Gasteiger partial charge on any atom is -0.494 e. The highest BCUT2D eigenvalue weighted by molar-refractivity contribution is 5.94. The van der Waals surface area contributed by atoms with Crippen molar-refractivity contribution < 1.29 is 13.9 Å². The average molecular weight is 328 g/mol. The van der Waals surface area contributed by atoms with Crippen LogP contribution in [0.2, 0.25) is 0 Å². The summed E-state index contributed by atoms with van der Waals surface area (Å²) in [5.41, 5.74) is 1.52. The van der Waals surface area contributed by atoms with Crippen LogP contribution in [-0.4, -0.2) is 32.7 Å². The van der Waals surface area contributed by atoms with Crippen molar-refractivity contribution in [2.24, 2.45) is 5.92 Å². The van der Waals surface area contributed by atoms with Crippen molar-refractivity contribution in [2.45, 2.75) is 6.42 Å². The molecule has 0 aromatic heterocycles. The predicted octanol–water partition coefficient (Wildman–Crippen LogP) is 3.09. The lowest BCUT2D eigenvalue weighted by Gasteiger charge is -2.18. The molecule has 1 amide bonds. The first-order chi connectivity index (χ1) is 11.7. The summed E-state index contributed by atoms with van der Waals surface area (Å²) in [5, 5.41) is 2.90. The van der Waals surface area contributed by atoms with Crippen molar-refractivity contribution in [3.05, 3.63) is 59.9 Å². The maximum Gasteiger partial charge on any atom is 0.251 e. The third-order valence-corrected chi connectivity index (χ3v) is 4.37. The number of nitrogens with zero attached hydrogens (tertiary/aromatic N) is 1. The van der Waals surface area contributed by atoms with Crippen molar-refractivity contribution in [2.75, 3.05) is 31.6 Å². The van der Waals surface area contributed by atoms with Crippen LogP contribution in [-0.2, 0) is 0 Å². The Morgan fingerprint density at radius 1 is 1.29 bits per heavy atom. The minimum atomic E-state index is -0.527. The molecule has 0 spiro atoms. The van der Waals surface area contributed by atoms with Crippen molar-refractivity contribution in [3.63, 3.8) is 0 Å². The molecule has 1 heterocycles. The summed E-state index contributed by atoms with van der Waals surface area (Å²) in [4.78, 5) is 14.5. The zero-order chi connectivity index (χ0) is 16.9. The molecule has 1 aliphatic rings. The maximum absolute atomic E-state index is 13.7. The lowest BCUT2D eigenvalue weighted by Crippen LogP contribution is -2.31. The number of amides is 1. The van der Waals surface area contributed by atoms with E-state index in [9.17, 15) is 9.18 Å². The van der Waals surface area contributed by atoms with E-state index in [0.29, 0.717) is 18.0 Å². The first-order valence-corrected chi connectivity index (χ1v) is 8.09. The fraction of sp³-hybridized carbons (Fsp3) is 0.316. The van der Waals surface area contributed by atoms with Gasteiger partial charge in [-0.15, -0.1) is 0 Å². The monoisotopic (exact) mass is 328 g/mol. The lowest BCUT2D eigenvalue weighted by molar-refractivity contribution is 0.0947. The van der Waals surface area contributed by atoms with Gasteiger partial charge in [-0.1, -0.05) is 18.2 Å². The van der Waals surface area contributed by atoms with E-state index in [1.54, 1.807) is 6.07 Å². The molecular formula is C19H21FN2O2. The fourth-order valence-corrected chi connectivity index (χ4v) is 3.02. The van der Waals surface area contributed by atoms with Crippen molar-refractivity contribution in [1.29, 1.82) is 0 Å². The Labute approximate surface area is 141 Å². The fourth-order valence-electron chi connectivity index (χ4n) is 3.02. The average Bonchev–Trinajstić information content (AvgIpc) is 3.09. The molecule has 0 bridgehead atoms. The van der Waals surface area contributed by atoms with E-state index in [1.165, 1.54) is 24.9 Å². The van der Waals surface area contributed by atoms with Gasteiger partial charge in [0.1, 0.15) is 0 Å². The van der Waals surface area contributed by atoms with E-state index in [1.807, 2.05) is 18.2 Å². The van der Waals surface area contributed by atoms with Gasteiger partial charge in [0.15, 0.2) is 11.6 Å². The van der Waals surface area contributed by atoms with Crippen molar-refractivity contribution >= 4 is 11.6 Å². The standard InChI is InChI=1S/C19H21FN2O2/c1-24-18-8-7-15(11-17(18)20)19(23)21-12-14-9-10-22(13-14)16-5-3-2-4-6-16/h2-8,11,14H,9-10,12-13H2,1H3,(H,21,23)/t14-/m1/s1. The number of halogens is 1. The number of benzene rings is 2. The third-order valence-electron chi connectivity index (χ3n) is 4.37. The quantitative estimate of drug-likeness (QED) is 0.917. The van der Waals surface area contributed by atoms with Crippen molar-refractivity contribution in [3.8, 4) is 5.75 Å². The molecule has 3 rings (SSSR count). The van der Waals surface area contributed by atoms with Crippen LogP contribution >= 0.6 is 0 Å². The number of hydrogen-bond acceptors (Lipinski definition) is 3. The summed E-state index contributed by atoms with van der Waals surface area (Å²) in [5.74, 6) is -0.242. The van der Waals surface area contributed by atoms with Crippen LogP contribution in [0.4, 0.5) is 10.1 Å². The van der Waals surface area contributed by atoms with Crippen LogP contribution in [0.3, 0.4) is 0 Å². The highest BCUT2D eigenvalue weighted by atomic mass is 19.1. The van der Waals surface area contributed by atoms with Crippen molar-refractivity contribution in [1.82, 2.24) is 5.32 Å². The number of carbonyl (C=O) groups is 1. The Morgan fingerprint density at radius 3 is 2.79 bits per heavy atom. The van der Waals surface area contributed by atoms with Gasteiger partial charge in [0.25, 0.3) is 5.91 Å². The normalized spacial score (nSPS) is 16.9. The topological polar surface area (TPSA) is 41.6 Å². The molecule has 2 aromatic carbocycles. The van der Waals surface area contributed by atoms with Crippen LogP contribution in [0, 0.1) is 11.7 Å². The van der Waals surface area contributed by atoms with Crippen LogP contribution in [0.25, 0.3) is 0 Å². The molecule has 5 heteroatoms. The van der Waals surface area contributed by atoms with Gasteiger partial charge < -0.3 is 15.0 Å². The Bertz CT molecular complexity index is 706. The summed E-state index contributed by atoms with van der Waals surface area (Å²) in [6.45, 7) is 2.50. The number of para-hydroxylation sites is 1. The molecule has 0 saturated carbocycles. The molecule has 0 aliphatic carbocycles. The summed E-state index contributed by atoms with van der Waals surface area (Å²) in [6.07, 6.45) is 1.03. The van der Waals surface area contributed by atoms with E-state index in [0.717, 1.165) is 19.5 Å². The zero-order valence-electron chi connectivity index (χ0n) is 13.7. The molecule has 0 radical (unpaired) electrons. The molecule has 1 aliphatic heterocycles. The summed E-state index contributed by atoms with van der Waals surface area (Å²) in [6, 6.07) is 14.5. The highest BCUT2D eigenvalue weighted by Gasteiger charge is 2.23. The van der Waals surface area contributed by atoms with Crippen LogP contribution in [0.1, 0.15) is 16.8 Å². The number of ether oxygens (including phenoxy) is 1. The maximum atomic E-state index is 13.7. The summed E-state index contributed by atoms with van der Waals surface area (Å²) >= 11 is 0. The molecule has 1 atom stereocenters. The minimum absolute atomic E-state index is 0.140. The Kier molecular flexibility index (Phi) is 4.99. The molecule has 2 aromatic rings. The first kappa shape index (κ1) is 16.3. The molecule has 24 heavy (non-hydrogen) atoms. The van der Waals surface area contributed by atoms with Gasteiger partial charge in [-0.3, -0.25) is 4.79 Å². The first-order valence-electron chi connectivity index (χ1n) is 8.09. The molecule has 0 unspecified atom stereocenters. The van der Waals surface area contributed by atoms with Gasteiger partial charge >= 0.3 is 0 Å². The third kappa shape index (κ3) is 3.67. The number of nitrogens with one attached hydrogen (secondary N) is 1. The SMILES string of the molecule is COc1ccc(C(=O)NC[C@H]2CCN(c3ccccc3)C2)cc1F. The summed E-state index contributed by atoms with van der Waals surface area (Å²) < 4.78 is 18.5. The van der Waals surface area contributed by atoms with E-state index >= 15 is 0 Å². The molecule has 1 fully saturated rings. The number of methoxy groups -OCH3 is 1. The van der Waals surface area contributed by atoms with Gasteiger partial charge in [-0.2, -0.15) is 0 Å². The predicted molar refractivity (Wildman–Crippen MR) is 92.0 cm³/mol. The van der Waals surface area contributed by atoms with Gasteiger partial charge in [0, 0.05) is 30.9 Å². The van der Waals surface area contributed by atoms with E-state index in [2.05, 4.69) is 22.3 Å². The lowest BCUT2D eigenvalue weighted by atomic mass is 10.1.